The maximum Gasteiger partial charge on any atom is 0.253 e. The quantitative estimate of drug-likeness (QED) is 0.863. The monoisotopic (exact) mass is 264 g/mol. The van der Waals surface area contributed by atoms with Crippen LogP contribution in [-0.2, 0) is 9.53 Å². The van der Waals surface area contributed by atoms with E-state index in [0.29, 0.717) is 6.54 Å². The predicted octanol–water partition coefficient (Wildman–Crippen LogP) is 1.45. The highest BCUT2D eigenvalue weighted by Crippen LogP contribution is 2.24. The molecular formula is C14H20N2O3. The molecule has 5 heteroatoms. The van der Waals surface area contributed by atoms with Gasteiger partial charge in [-0.1, -0.05) is 0 Å². The van der Waals surface area contributed by atoms with Crippen LogP contribution in [0.15, 0.2) is 18.2 Å². The van der Waals surface area contributed by atoms with Gasteiger partial charge in [0, 0.05) is 12.2 Å². The lowest BCUT2D eigenvalue weighted by molar-refractivity contribution is -0.126. The van der Waals surface area contributed by atoms with Crippen LogP contribution in [0.4, 0.5) is 5.69 Å². The summed E-state index contributed by atoms with van der Waals surface area (Å²) in [4.78, 5) is 12.1. The number of rotatable bonds is 4. The minimum absolute atomic E-state index is 0.00714. The summed E-state index contributed by atoms with van der Waals surface area (Å²) < 4.78 is 10.7. The van der Waals surface area contributed by atoms with Crippen LogP contribution in [0.3, 0.4) is 0 Å². The molecule has 1 aliphatic heterocycles. The summed E-state index contributed by atoms with van der Waals surface area (Å²) in [5.41, 5.74) is 7.28. The van der Waals surface area contributed by atoms with Crippen LogP contribution in [0, 0.1) is 6.92 Å². The van der Waals surface area contributed by atoms with E-state index in [0.717, 1.165) is 29.8 Å². The number of benzene rings is 1. The predicted molar refractivity (Wildman–Crippen MR) is 73.3 cm³/mol. The average Bonchev–Trinajstić information content (AvgIpc) is 2.90. The van der Waals surface area contributed by atoms with Gasteiger partial charge in [-0.15, -0.1) is 0 Å². The summed E-state index contributed by atoms with van der Waals surface area (Å²) in [6.45, 7) is 2.39. The van der Waals surface area contributed by atoms with Gasteiger partial charge in [0.1, 0.15) is 11.9 Å². The second-order valence-corrected chi connectivity index (χ2v) is 4.73. The van der Waals surface area contributed by atoms with Crippen LogP contribution in [-0.4, -0.2) is 31.8 Å². The number of nitrogens with two attached hydrogens (primary N) is 1. The number of ether oxygens (including phenoxy) is 2. The van der Waals surface area contributed by atoms with Gasteiger partial charge in [-0.05, 0) is 43.5 Å². The van der Waals surface area contributed by atoms with E-state index >= 15 is 0 Å². The Morgan fingerprint density at radius 2 is 2.32 bits per heavy atom. The second-order valence-electron chi connectivity index (χ2n) is 4.73. The lowest BCUT2D eigenvalue weighted by Gasteiger charge is -2.14. The van der Waals surface area contributed by atoms with Crippen molar-refractivity contribution in [1.82, 2.24) is 0 Å². The minimum atomic E-state index is -0.393. The van der Waals surface area contributed by atoms with E-state index in [1.807, 2.05) is 25.1 Å². The first-order valence-electron chi connectivity index (χ1n) is 6.45. The van der Waals surface area contributed by atoms with E-state index < -0.39 is 6.10 Å². The number of anilines is 1. The van der Waals surface area contributed by atoms with Crippen molar-refractivity contribution >= 4 is 11.6 Å². The summed E-state index contributed by atoms with van der Waals surface area (Å²) >= 11 is 0. The average molecular weight is 264 g/mol. The van der Waals surface area contributed by atoms with Gasteiger partial charge >= 0.3 is 0 Å². The Labute approximate surface area is 113 Å². The molecule has 104 valence electrons. The highest BCUT2D eigenvalue weighted by Gasteiger charge is 2.29. The van der Waals surface area contributed by atoms with Gasteiger partial charge in [-0.2, -0.15) is 0 Å². The maximum absolute atomic E-state index is 12.1. The largest absolute Gasteiger partial charge is 0.497 e. The molecule has 1 aromatic rings. The molecule has 1 amide bonds. The number of hydrogen-bond donors (Lipinski definition) is 2. The molecule has 0 spiro atoms. The number of methoxy groups -OCH3 is 1. The molecule has 1 aromatic carbocycles. The van der Waals surface area contributed by atoms with Gasteiger partial charge in [0.15, 0.2) is 0 Å². The second kappa shape index (κ2) is 6.04. The van der Waals surface area contributed by atoms with Crippen LogP contribution in [0.2, 0.25) is 0 Å². The van der Waals surface area contributed by atoms with Gasteiger partial charge in [0.2, 0.25) is 0 Å². The van der Waals surface area contributed by atoms with Crippen molar-refractivity contribution in [2.45, 2.75) is 32.0 Å². The summed E-state index contributed by atoms with van der Waals surface area (Å²) in [6, 6.07) is 5.54. The van der Waals surface area contributed by atoms with Gasteiger partial charge in [0.25, 0.3) is 5.91 Å². The summed E-state index contributed by atoms with van der Waals surface area (Å²) in [5, 5.41) is 2.89. The molecule has 1 fully saturated rings. The van der Waals surface area contributed by atoms with E-state index in [1.165, 1.54) is 0 Å². The zero-order valence-corrected chi connectivity index (χ0v) is 11.3. The fraction of sp³-hybridized carbons (Fsp3) is 0.500. The van der Waals surface area contributed by atoms with Crippen molar-refractivity contribution in [1.29, 1.82) is 0 Å². The normalized spacial score (nSPS) is 22.3. The standard InChI is InChI=1S/C14H20N2O3/c1-9-7-10(18-2)3-5-12(9)16-14(17)13-6-4-11(8-15)19-13/h3,5,7,11,13H,4,6,8,15H2,1-2H3,(H,16,17). The van der Waals surface area contributed by atoms with E-state index in [9.17, 15) is 4.79 Å². The number of carbonyl (C=O) groups excluding carboxylic acids is 1. The first kappa shape index (κ1) is 13.8. The third-order valence-electron chi connectivity index (χ3n) is 3.35. The molecule has 2 unspecified atom stereocenters. The molecule has 1 aliphatic rings. The molecule has 0 bridgehead atoms. The number of nitrogens with one attached hydrogen (secondary N) is 1. The van der Waals surface area contributed by atoms with Gasteiger partial charge in [-0.25, -0.2) is 0 Å². The van der Waals surface area contributed by atoms with Crippen molar-refractivity contribution in [2.24, 2.45) is 5.73 Å². The zero-order valence-electron chi connectivity index (χ0n) is 11.3. The van der Waals surface area contributed by atoms with Crippen LogP contribution >= 0.6 is 0 Å². The first-order chi connectivity index (χ1) is 9.13. The molecule has 2 atom stereocenters. The molecule has 19 heavy (non-hydrogen) atoms. The van der Waals surface area contributed by atoms with Crippen molar-refractivity contribution in [2.75, 3.05) is 19.0 Å². The van der Waals surface area contributed by atoms with E-state index in [-0.39, 0.29) is 12.0 Å². The van der Waals surface area contributed by atoms with Crippen molar-refractivity contribution < 1.29 is 14.3 Å². The van der Waals surface area contributed by atoms with Gasteiger partial charge in [0.05, 0.1) is 13.2 Å². The SMILES string of the molecule is COc1ccc(NC(=O)C2CCC(CN)O2)c(C)c1. The van der Waals surface area contributed by atoms with Crippen molar-refractivity contribution in [3.8, 4) is 5.75 Å². The fourth-order valence-electron chi connectivity index (χ4n) is 2.19. The smallest absolute Gasteiger partial charge is 0.253 e. The summed E-state index contributed by atoms with van der Waals surface area (Å²) in [5.74, 6) is 0.667. The Hall–Kier alpha value is -1.59. The third kappa shape index (κ3) is 3.24. The molecule has 0 radical (unpaired) electrons. The first-order valence-corrected chi connectivity index (χ1v) is 6.45. The molecular weight excluding hydrogens is 244 g/mol. The van der Waals surface area contributed by atoms with E-state index in [2.05, 4.69) is 5.32 Å². The van der Waals surface area contributed by atoms with E-state index in [1.54, 1.807) is 7.11 Å². The molecule has 5 nitrogen and oxygen atoms in total. The number of hydrogen-bond acceptors (Lipinski definition) is 4. The molecule has 3 N–H and O–H groups in total. The van der Waals surface area contributed by atoms with Crippen LogP contribution in [0.25, 0.3) is 0 Å². The van der Waals surface area contributed by atoms with Crippen LogP contribution < -0.4 is 15.8 Å². The fourth-order valence-corrected chi connectivity index (χ4v) is 2.19. The number of amides is 1. The van der Waals surface area contributed by atoms with Crippen molar-refractivity contribution in [3.05, 3.63) is 23.8 Å². The van der Waals surface area contributed by atoms with E-state index in [4.69, 9.17) is 15.2 Å². The highest BCUT2D eigenvalue weighted by atomic mass is 16.5. The molecule has 0 saturated carbocycles. The third-order valence-corrected chi connectivity index (χ3v) is 3.35. The maximum atomic E-state index is 12.1. The molecule has 0 aliphatic carbocycles. The molecule has 2 rings (SSSR count). The lowest BCUT2D eigenvalue weighted by Crippen LogP contribution is -2.30. The summed E-state index contributed by atoms with van der Waals surface area (Å²) in [7, 11) is 1.62. The Morgan fingerprint density at radius 3 is 2.89 bits per heavy atom. The highest BCUT2D eigenvalue weighted by molar-refractivity contribution is 5.95. The molecule has 1 heterocycles. The Balaban J connectivity index is 1.99. The summed E-state index contributed by atoms with van der Waals surface area (Å²) in [6.07, 6.45) is 1.18. The Kier molecular flexibility index (Phi) is 4.39. The number of aryl methyl sites for hydroxylation is 1. The van der Waals surface area contributed by atoms with Crippen molar-refractivity contribution in [3.63, 3.8) is 0 Å². The van der Waals surface area contributed by atoms with Crippen LogP contribution in [0.5, 0.6) is 5.75 Å². The Bertz CT molecular complexity index is 462. The van der Waals surface area contributed by atoms with Crippen LogP contribution in [0.1, 0.15) is 18.4 Å². The molecule has 1 saturated heterocycles. The topological polar surface area (TPSA) is 73.6 Å². The Morgan fingerprint density at radius 1 is 1.53 bits per heavy atom. The van der Waals surface area contributed by atoms with Gasteiger partial charge < -0.3 is 20.5 Å². The minimum Gasteiger partial charge on any atom is -0.497 e. The molecule has 0 aromatic heterocycles. The lowest BCUT2D eigenvalue weighted by atomic mass is 10.1. The number of carbonyl (C=O) groups is 1. The van der Waals surface area contributed by atoms with Gasteiger partial charge in [-0.3, -0.25) is 4.79 Å². The zero-order chi connectivity index (χ0) is 13.8.